The minimum Gasteiger partial charge on any atom is -0.497 e. The van der Waals surface area contributed by atoms with Crippen molar-refractivity contribution in [2.75, 3.05) is 7.11 Å². The van der Waals surface area contributed by atoms with Gasteiger partial charge in [-0.3, -0.25) is 9.55 Å². The molecule has 3 aromatic heterocycles. The van der Waals surface area contributed by atoms with Crippen LogP contribution in [0.3, 0.4) is 0 Å². The zero-order valence-corrected chi connectivity index (χ0v) is 15.7. The number of ether oxygens (including phenoxy) is 1. The van der Waals surface area contributed by atoms with Crippen molar-refractivity contribution in [1.29, 1.82) is 0 Å². The van der Waals surface area contributed by atoms with Gasteiger partial charge in [0.1, 0.15) is 10.8 Å². The van der Waals surface area contributed by atoms with E-state index >= 15 is 0 Å². The first kappa shape index (κ1) is 16.8. The van der Waals surface area contributed by atoms with Crippen molar-refractivity contribution >= 4 is 23.1 Å². The third kappa shape index (κ3) is 3.63. The summed E-state index contributed by atoms with van der Waals surface area (Å²) >= 11 is 3.28. The van der Waals surface area contributed by atoms with E-state index in [2.05, 4.69) is 24.9 Å². The Morgan fingerprint density at radius 2 is 1.96 bits per heavy atom. The van der Waals surface area contributed by atoms with E-state index in [4.69, 9.17) is 4.74 Å². The summed E-state index contributed by atoms with van der Waals surface area (Å²) in [5.41, 5.74) is 3.00. The number of imidazole rings is 1. The van der Waals surface area contributed by atoms with Crippen LogP contribution in [0.2, 0.25) is 0 Å². The molecule has 4 rings (SSSR count). The fourth-order valence-electron chi connectivity index (χ4n) is 2.45. The van der Waals surface area contributed by atoms with Gasteiger partial charge >= 0.3 is 0 Å². The van der Waals surface area contributed by atoms with Crippen LogP contribution in [0.4, 0.5) is 0 Å². The Bertz CT molecular complexity index is 980. The number of nitrogens with zero attached hydrogens (tertiary/aromatic N) is 4. The van der Waals surface area contributed by atoms with Crippen molar-refractivity contribution in [3.05, 3.63) is 72.1 Å². The first-order valence-electron chi connectivity index (χ1n) is 8.00. The molecule has 0 radical (unpaired) electrons. The van der Waals surface area contributed by atoms with Crippen molar-refractivity contribution in [2.24, 2.45) is 0 Å². The van der Waals surface area contributed by atoms with Crippen molar-refractivity contribution in [3.8, 4) is 22.1 Å². The number of methoxy groups -OCH3 is 1. The highest BCUT2D eigenvalue weighted by Crippen LogP contribution is 2.28. The number of thioether (sulfide) groups is 1. The average molecular weight is 380 g/mol. The van der Waals surface area contributed by atoms with Gasteiger partial charge in [0.05, 0.1) is 18.5 Å². The molecule has 7 heteroatoms. The quantitative estimate of drug-likeness (QED) is 0.454. The number of thiazole rings is 1. The van der Waals surface area contributed by atoms with Crippen molar-refractivity contribution < 1.29 is 4.74 Å². The van der Waals surface area contributed by atoms with E-state index in [1.807, 2.05) is 54.9 Å². The first-order valence-corrected chi connectivity index (χ1v) is 9.86. The molecule has 0 spiro atoms. The largest absolute Gasteiger partial charge is 0.497 e. The summed E-state index contributed by atoms with van der Waals surface area (Å²) in [5.74, 6) is 1.60. The fraction of sp³-hybridized carbons (Fsp3) is 0.105. The molecular formula is C19H16N4OS2. The Balaban J connectivity index is 1.47. The van der Waals surface area contributed by atoms with E-state index < -0.39 is 0 Å². The van der Waals surface area contributed by atoms with Gasteiger partial charge in [-0.2, -0.15) is 0 Å². The molecule has 0 saturated heterocycles. The highest BCUT2D eigenvalue weighted by atomic mass is 32.2. The minimum absolute atomic E-state index is 0.760. The molecule has 0 unspecified atom stereocenters. The predicted molar refractivity (Wildman–Crippen MR) is 105 cm³/mol. The van der Waals surface area contributed by atoms with Crippen molar-refractivity contribution in [2.45, 2.75) is 10.9 Å². The first-order chi connectivity index (χ1) is 12.8. The second-order valence-corrected chi connectivity index (χ2v) is 7.23. The highest BCUT2D eigenvalue weighted by molar-refractivity contribution is 7.98. The van der Waals surface area contributed by atoms with Gasteiger partial charge in [0.25, 0.3) is 0 Å². The van der Waals surface area contributed by atoms with Crippen LogP contribution in [0.15, 0.2) is 71.6 Å². The lowest BCUT2D eigenvalue weighted by Crippen LogP contribution is -1.95. The van der Waals surface area contributed by atoms with Gasteiger partial charge in [-0.1, -0.05) is 17.8 Å². The smallest absolute Gasteiger partial charge is 0.172 e. The zero-order valence-electron chi connectivity index (χ0n) is 14.1. The molecule has 0 N–H and O–H groups in total. The molecule has 0 atom stereocenters. The summed E-state index contributed by atoms with van der Waals surface area (Å²) in [5, 5.41) is 3.96. The van der Waals surface area contributed by atoms with Crippen molar-refractivity contribution in [3.63, 3.8) is 0 Å². The van der Waals surface area contributed by atoms with E-state index in [1.165, 1.54) is 0 Å². The summed E-state index contributed by atoms with van der Waals surface area (Å²) in [7, 11) is 1.67. The summed E-state index contributed by atoms with van der Waals surface area (Å²) in [4.78, 5) is 13.5. The summed E-state index contributed by atoms with van der Waals surface area (Å²) in [6.45, 7) is 0. The van der Waals surface area contributed by atoms with Crippen LogP contribution in [0.25, 0.3) is 16.4 Å². The van der Waals surface area contributed by atoms with E-state index in [0.717, 1.165) is 38.7 Å². The van der Waals surface area contributed by atoms with E-state index in [9.17, 15) is 0 Å². The molecule has 0 aliphatic carbocycles. The molecule has 1 aromatic carbocycles. The maximum Gasteiger partial charge on any atom is 0.172 e. The number of hydrogen-bond donors (Lipinski definition) is 0. The number of benzene rings is 1. The normalized spacial score (nSPS) is 10.8. The molecule has 0 aliphatic rings. The van der Waals surface area contributed by atoms with Crippen molar-refractivity contribution in [1.82, 2.24) is 19.5 Å². The summed E-state index contributed by atoms with van der Waals surface area (Å²) in [6, 6.07) is 13.8. The van der Waals surface area contributed by atoms with Crippen LogP contribution in [-0.2, 0) is 5.75 Å². The molecule has 0 fully saturated rings. The van der Waals surface area contributed by atoms with Crippen LogP contribution >= 0.6 is 23.1 Å². The van der Waals surface area contributed by atoms with Crippen LogP contribution in [-0.4, -0.2) is 26.6 Å². The van der Waals surface area contributed by atoms with Crippen LogP contribution < -0.4 is 4.74 Å². The van der Waals surface area contributed by atoms with Crippen LogP contribution in [0, 0.1) is 0 Å². The van der Waals surface area contributed by atoms with E-state index in [0.29, 0.717) is 0 Å². The minimum atomic E-state index is 0.760. The van der Waals surface area contributed by atoms with Gasteiger partial charge in [0.2, 0.25) is 0 Å². The molecule has 5 nitrogen and oxygen atoms in total. The third-order valence-corrected chi connectivity index (χ3v) is 5.66. The second-order valence-electron chi connectivity index (χ2n) is 5.43. The van der Waals surface area contributed by atoms with Gasteiger partial charge in [0, 0.05) is 35.4 Å². The monoisotopic (exact) mass is 380 g/mol. The molecule has 130 valence electrons. The molecule has 0 amide bonds. The van der Waals surface area contributed by atoms with Crippen LogP contribution in [0.5, 0.6) is 5.75 Å². The molecule has 4 aromatic rings. The topological polar surface area (TPSA) is 52.8 Å². The second kappa shape index (κ2) is 7.72. The Morgan fingerprint density at radius 3 is 2.73 bits per heavy atom. The van der Waals surface area contributed by atoms with E-state index in [1.54, 1.807) is 36.4 Å². The molecule has 3 heterocycles. The Labute approximate surface area is 159 Å². The third-order valence-electron chi connectivity index (χ3n) is 3.74. The van der Waals surface area contributed by atoms with Gasteiger partial charge in [-0.25, -0.2) is 9.97 Å². The molecule has 0 saturated carbocycles. The maximum atomic E-state index is 5.22. The summed E-state index contributed by atoms with van der Waals surface area (Å²) in [6.07, 6.45) is 5.56. The Morgan fingerprint density at radius 1 is 1.08 bits per heavy atom. The van der Waals surface area contributed by atoms with E-state index in [-0.39, 0.29) is 0 Å². The SMILES string of the molecule is COc1ccc(-n2ccnc2SCc2csc(-c3ccccn3)n2)cc1. The number of hydrogen-bond acceptors (Lipinski definition) is 6. The molecule has 0 bridgehead atoms. The number of aromatic nitrogens is 4. The van der Waals surface area contributed by atoms with Gasteiger partial charge in [-0.15, -0.1) is 11.3 Å². The average Bonchev–Trinajstić information content (AvgIpc) is 3.36. The molecule has 26 heavy (non-hydrogen) atoms. The number of rotatable bonds is 6. The van der Waals surface area contributed by atoms with Gasteiger partial charge < -0.3 is 4.74 Å². The zero-order chi connectivity index (χ0) is 17.8. The lowest BCUT2D eigenvalue weighted by molar-refractivity contribution is 0.414. The standard InChI is InChI=1S/C19H16N4OS2/c1-24-16-7-5-15(6-8-16)23-11-10-21-19(23)26-13-14-12-25-18(22-14)17-4-2-3-9-20-17/h2-12H,13H2,1H3. The van der Waals surface area contributed by atoms with Gasteiger partial charge in [0.15, 0.2) is 5.16 Å². The molecular weight excluding hydrogens is 364 g/mol. The maximum absolute atomic E-state index is 5.22. The summed E-state index contributed by atoms with van der Waals surface area (Å²) < 4.78 is 7.28. The fourth-order valence-corrected chi connectivity index (χ4v) is 4.22. The predicted octanol–water partition coefficient (Wildman–Crippen LogP) is 4.69. The number of pyridine rings is 1. The van der Waals surface area contributed by atoms with Crippen LogP contribution in [0.1, 0.15) is 5.69 Å². The Hall–Kier alpha value is -2.64. The molecule has 0 aliphatic heterocycles. The van der Waals surface area contributed by atoms with Gasteiger partial charge in [-0.05, 0) is 36.4 Å². The Kier molecular flexibility index (Phi) is 4.99. The lowest BCUT2D eigenvalue weighted by Gasteiger charge is -2.08. The lowest BCUT2D eigenvalue weighted by atomic mass is 10.3. The highest BCUT2D eigenvalue weighted by Gasteiger charge is 2.10.